The number of carbonyl (C=O) groups is 1. The number of nitrogens with zero attached hydrogens (tertiary/aromatic N) is 2. The van der Waals surface area contributed by atoms with Gasteiger partial charge >= 0.3 is 0 Å². The SMILES string of the molecule is CC(=O)c1cnn(-c2ccc(F)c(Cl)c2)c1C. The highest BCUT2D eigenvalue weighted by molar-refractivity contribution is 6.30. The summed E-state index contributed by atoms with van der Waals surface area (Å²) in [6.45, 7) is 3.26. The number of rotatable bonds is 2. The van der Waals surface area contributed by atoms with E-state index >= 15 is 0 Å². The summed E-state index contributed by atoms with van der Waals surface area (Å²) >= 11 is 5.70. The van der Waals surface area contributed by atoms with Gasteiger partial charge in [0.1, 0.15) is 5.82 Å². The van der Waals surface area contributed by atoms with Crippen molar-refractivity contribution in [1.29, 1.82) is 0 Å². The van der Waals surface area contributed by atoms with Crippen molar-refractivity contribution in [3.05, 3.63) is 46.5 Å². The molecule has 0 aliphatic rings. The Labute approximate surface area is 103 Å². The second kappa shape index (κ2) is 4.30. The van der Waals surface area contributed by atoms with Crippen LogP contribution in [0, 0.1) is 12.7 Å². The molecule has 0 amide bonds. The standard InChI is InChI=1S/C12H10ClFN2O/c1-7-10(8(2)17)6-15-16(7)9-3-4-12(14)11(13)5-9/h3-6H,1-2H3. The van der Waals surface area contributed by atoms with Gasteiger partial charge in [0.25, 0.3) is 0 Å². The monoisotopic (exact) mass is 252 g/mol. The maximum atomic E-state index is 13.0. The number of halogens is 2. The second-order valence-corrected chi connectivity index (χ2v) is 4.12. The van der Waals surface area contributed by atoms with Crippen LogP contribution in [0.1, 0.15) is 23.0 Å². The molecule has 3 nitrogen and oxygen atoms in total. The minimum absolute atomic E-state index is 0.0294. The molecular formula is C12H10ClFN2O. The van der Waals surface area contributed by atoms with Gasteiger partial charge in [0.2, 0.25) is 0 Å². The minimum Gasteiger partial charge on any atom is -0.294 e. The molecule has 2 rings (SSSR count). The Kier molecular flexibility index (Phi) is 2.98. The fraction of sp³-hybridized carbons (Fsp3) is 0.167. The first-order valence-electron chi connectivity index (χ1n) is 5.01. The van der Waals surface area contributed by atoms with E-state index in [0.717, 1.165) is 0 Å². The summed E-state index contributed by atoms with van der Waals surface area (Å²) < 4.78 is 14.6. The lowest BCUT2D eigenvalue weighted by Crippen LogP contribution is -2.01. The highest BCUT2D eigenvalue weighted by Gasteiger charge is 2.12. The van der Waals surface area contributed by atoms with Gasteiger partial charge in [-0.2, -0.15) is 5.10 Å². The van der Waals surface area contributed by atoms with Gasteiger partial charge in [-0.1, -0.05) is 11.6 Å². The van der Waals surface area contributed by atoms with Crippen LogP contribution in [0.25, 0.3) is 5.69 Å². The zero-order chi connectivity index (χ0) is 12.6. The van der Waals surface area contributed by atoms with Gasteiger partial charge in [0.15, 0.2) is 5.78 Å². The molecule has 0 saturated carbocycles. The van der Waals surface area contributed by atoms with Crippen LogP contribution in [0.2, 0.25) is 5.02 Å². The first-order chi connectivity index (χ1) is 8.00. The van der Waals surface area contributed by atoms with Crippen LogP contribution in [0.4, 0.5) is 4.39 Å². The topological polar surface area (TPSA) is 34.9 Å². The zero-order valence-corrected chi connectivity index (χ0v) is 10.1. The molecule has 0 aliphatic carbocycles. The van der Waals surface area contributed by atoms with E-state index < -0.39 is 5.82 Å². The molecule has 2 aromatic rings. The lowest BCUT2D eigenvalue weighted by Gasteiger charge is -2.05. The Morgan fingerprint density at radius 2 is 2.18 bits per heavy atom. The molecule has 1 heterocycles. The predicted octanol–water partition coefficient (Wildman–Crippen LogP) is 3.18. The highest BCUT2D eigenvalue weighted by Crippen LogP contribution is 2.20. The number of Topliss-reactive ketones (excluding diaryl/α,β-unsaturated/α-hetero) is 1. The van der Waals surface area contributed by atoms with Crippen molar-refractivity contribution in [2.24, 2.45) is 0 Å². The molecule has 5 heteroatoms. The van der Waals surface area contributed by atoms with Crippen molar-refractivity contribution in [2.45, 2.75) is 13.8 Å². The van der Waals surface area contributed by atoms with Crippen LogP contribution in [-0.4, -0.2) is 15.6 Å². The molecule has 1 aromatic carbocycles. The van der Waals surface area contributed by atoms with E-state index in [2.05, 4.69) is 5.10 Å². The number of benzene rings is 1. The predicted molar refractivity (Wildman–Crippen MR) is 63.3 cm³/mol. The number of ketones is 1. The average Bonchev–Trinajstić information content (AvgIpc) is 2.64. The molecule has 0 fully saturated rings. The molecule has 0 saturated heterocycles. The van der Waals surface area contributed by atoms with E-state index in [1.807, 2.05) is 0 Å². The first-order valence-corrected chi connectivity index (χ1v) is 5.39. The summed E-state index contributed by atoms with van der Waals surface area (Å²) in [5.74, 6) is -0.533. The smallest absolute Gasteiger partial charge is 0.163 e. The second-order valence-electron chi connectivity index (χ2n) is 3.71. The van der Waals surface area contributed by atoms with E-state index in [4.69, 9.17) is 11.6 Å². The van der Waals surface area contributed by atoms with Gasteiger partial charge < -0.3 is 0 Å². The summed E-state index contributed by atoms with van der Waals surface area (Å²) in [6.07, 6.45) is 1.49. The quantitative estimate of drug-likeness (QED) is 0.770. The number of carbonyl (C=O) groups excluding carboxylic acids is 1. The molecule has 0 aliphatic heterocycles. The van der Waals surface area contributed by atoms with Gasteiger partial charge in [-0.25, -0.2) is 9.07 Å². The van der Waals surface area contributed by atoms with Crippen molar-refractivity contribution in [2.75, 3.05) is 0 Å². The normalized spacial score (nSPS) is 10.6. The molecular weight excluding hydrogens is 243 g/mol. The van der Waals surface area contributed by atoms with Crippen molar-refractivity contribution >= 4 is 17.4 Å². The van der Waals surface area contributed by atoms with Crippen molar-refractivity contribution in [3.8, 4) is 5.69 Å². The van der Waals surface area contributed by atoms with E-state index in [-0.39, 0.29) is 10.8 Å². The maximum absolute atomic E-state index is 13.0. The zero-order valence-electron chi connectivity index (χ0n) is 9.37. The van der Waals surface area contributed by atoms with E-state index in [1.165, 1.54) is 25.3 Å². The van der Waals surface area contributed by atoms with Crippen LogP contribution < -0.4 is 0 Å². The molecule has 0 radical (unpaired) electrons. The summed E-state index contributed by atoms with van der Waals surface area (Å²) in [4.78, 5) is 11.3. The number of aromatic nitrogens is 2. The Balaban J connectivity index is 2.53. The molecule has 0 spiro atoms. The van der Waals surface area contributed by atoms with E-state index in [1.54, 1.807) is 17.7 Å². The third-order valence-electron chi connectivity index (χ3n) is 2.54. The summed E-state index contributed by atoms with van der Waals surface area (Å²) in [6, 6.07) is 4.30. The lowest BCUT2D eigenvalue weighted by atomic mass is 10.2. The highest BCUT2D eigenvalue weighted by atomic mass is 35.5. The molecule has 0 bridgehead atoms. The van der Waals surface area contributed by atoms with Gasteiger partial charge in [-0.15, -0.1) is 0 Å². The summed E-state index contributed by atoms with van der Waals surface area (Å²) in [5.41, 5.74) is 1.88. The summed E-state index contributed by atoms with van der Waals surface area (Å²) in [5, 5.41) is 4.12. The fourth-order valence-corrected chi connectivity index (χ4v) is 1.81. The van der Waals surface area contributed by atoms with Crippen molar-refractivity contribution in [3.63, 3.8) is 0 Å². The van der Waals surface area contributed by atoms with Crippen LogP contribution in [-0.2, 0) is 0 Å². The third-order valence-corrected chi connectivity index (χ3v) is 2.83. The molecule has 1 aromatic heterocycles. The fourth-order valence-electron chi connectivity index (χ4n) is 1.63. The molecule has 0 unspecified atom stereocenters. The van der Waals surface area contributed by atoms with Gasteiger partial charge in [-0.3, -0.25) is 4.79 Å². The average molecular weight is 253 g/mol. The third kappa shape index (κ3) is 2.08. The van der Waals surface area contributed by atoms with Gasteiger partial charge in [0.05, 0.1) is 28.2 Å². The molecule has 17 heavy (non-hydrogen) atoms. The van der Waals surface area contributed by atoms with Crippen LogP contribution in [0.15, 0.2) is 24.4 Å². The van der Waals surface area contributed by atoms with Crippen molar-refractivity contribution in [1.82, 2.24) is 9.78 Å². The van der Waals surface area contributed by atoms with E-state index in [0.29, 0.717) is 16.9 Å². The van der Waals surface area contributed by atoms with Gasteiger partial charge in [-0.05, 0) is 32.0 Å². The largest absolute Gasteiger partial charge is 0.294 e. The first kappa shape index (κ1) is 11.8. The molecule has 0 N–H and O–H groups in total. The Bertz CT molecular complexity index is 592. The number of hydrogen-bond acceptors (Lipinski definition) is 2. The van der Waals surface area contributed by atoms with Crippen LogP contribution in [0.3, 0.4) is 0 Å². The molecule has 88 valence electrons. The van der Waals surface area contributed by atoms with Crippen LogP contribution in [0.5, 0.6) is 0 Å². The summed E-state index contributed by atoms with van der Waals surface area (Å²) in [7, 11) is 0. The Morgan fingerprint density at radius 1 is 1.47 bits per heavy atom. The Morgan fingerprint density at radius 3 is 2.71 bits per heavy atom. The Hall–Kier alpha value is -1.68. The lowest BCUT2D eigenvalue weighted by molar-refractivity contribution is 0.101. The van der Waals surface area contributed by atoms with Crippen molar-refractivity contribution < 1.29 is 9.18 Å². The van der Waals surface area contributed by atoms with Gasteiger partial charge in [0, 0.05) is 0 Å². The van der Waals surface area contributed by atoms with Crippen LogP contribution >= 0.6 is 11.6 Å². The number of hydrogen-bond donors (Lipinski definition) is 0. The molecule has 0 atom stereocenters. The van der Waals surface area contributed by atoms with E-state index in [9.17, 15) is 9.18 Å². The minimum atomic E-state index is -0.480. The maximum Gasteiger partial charge on any atom is 0.163 e.